The highest BCUT2D eigenvalue weighted by Crippen LogP contribution is 2.43. The summed E-state index contributed by atoms with van der Waals surface area (Å²) in [6.07, 6.45) is -10.2. The monoisotopic (exact) mass is 410 g/mol. The van der Waals surface area contributed by atoms with Gasteiger partial charge in [0.2, 0.25) is 0 Å². The minimum Gasteiger partial charge on any atom is -0.446 e. The molecule has 0 saturated heterocycles. The number of hydrogen-bond acceptors (Lipinski definition) is 3. The van der Waals surface area contributed by atoms with Gasteiger partial charge in [-0.15, -0.1) is 0 Å². The van der Waals surface area contributed by atoms with Crippen LogP contribution in [0.3, 0.4) is 0 Å². The lowest BCUT2D eigenvalue weighted by Gasteiger charge is -2.33. The summed E-state index contributed by atoms with van der Waals surface area (Å²) in [6.45, 7) is 1.83. The Bertz CT molecular complexity index is 688. The summed E-state index contributed by atoms with van der Waals surface area (Å²) in [7, 11) is 0.676. The van der Waals surface area contributed by atoms with Gasteiger partial charge in [-0.25, -0.2) is 4.79 Å². The first-order valence-corrected chi connectivity index (χ1v) is 8.45. The van der Waals surface area contributed by atoms with Crippen molar-refractivity contribution in [3.8, 4) is 11.8 Å². The van der Waals surface area contributed by atoms with Crippen molar-refractivity contribution >= 4 is 5.97 Å². The standard InChI is InChI=1S/C19H20F6O3/c1-3-4-6-11-15(12-13-17(20,21)22)28-16(26)18(27-2,19(23,24)25)14-9-7-5-8-10-14/h5,7-10,15H,3-4,6,11H2,1-2H3/t15-,18+/m1/s1. The van der Waals surface area contributed by atoms with E-state index < -0.39 is 35.6 Å². The number of carbonyl (C=O) groups is 1. The zero-order valence-corrected chi connectivity index (χ0v) is 15.3. The van der Waals surface area contributed by atoms with Crippen LogP contribution in [0, 0.1) is 11.8 Å². The number of unbranched alkanes of at least 4 members (excludes halogenated alkanes) is 2. The Hall–Kier alpha value is -2.21. The maximum atomic E-state index is 13.8. The Morgan fingerprint density at radius 1 is 1.07 bits per heavy atom. The number of halogens is 6. The number of rotatable bonds is 8. The Morgan fingerprint density at radius 2 is 1.68 bits per heavy atom. The first kappa shape index (κ1) is 23.8. The van der Waals surface area contributed by atoms with Crippen LogP contribution >= 0.6 is 0 Å². The van der Waals surface area contributed by atoms with Gasteiger partial charge in [-0.05, 0) is 18.8 Å². The van der Waals surface area contributed by atoms with Crippen LogP contribution in [-0.2, 0) is 19.9 Å². The lowest BCUT2D eigenvalue weighted by Crippen LogP contribution is -2.52. The van der Waals surface area contributed by atoms with Gasteiger partial charge in [0.15, 0.2) is 6.10 Å². The second-order valence-corrected chi connectivity index (χ2v) is 5.91. The molecular weight excluding hydrogens is 390 g/mol. The van der Waals surface area contributed by atoms with Crippen molar-refractivity contribution in [2.75, 3.05) is 7.11 Å². The van der Waals surface area contributed by atoms with Crippen LogP contribution in [0.2, 0.25) is 0 Å². The molecule has 3 nitrogen and oxygen atoms in total. The zero-order valence-electron chi connectivity index (χ0n) is 15.3. The molecule has 28 heavy (non-hydrogen) atoms. The van der Waals surface area contributed by atoms with E-state index in [9.17, 15) is 31.1 Å². The molecule has 0 saturated carbocycles. The molecule has 156 valence electrons. The molecule has 0 fully saturated rings. The van der Waals surface area contributed by atoms with Gasteiger partial charge in [0, 0.05) is 18.6 Å². The maximum Gasteiger partial charge on any atom is 0.457 e. The fraction of sp³-hybridized carbons (Fsp3) is 0.526. The van der Waals surface area contributed by atoms with Crippen LogP contribution in [0.1, 0.15) is 38.2 Å². The van der Waals surface area contributed by atoms with E-state index >= 15 is 0 Å². The molecule has 0 spiro atoms. The van der Waals surface area contributed by atoms with E-state index in [1.807, 2.05) is 6.92 Å². The van der Waals surface area contributed by atoms with Crippen molar-refractivity contribution in [1.29, 1.82) is 0 Å². The van der Waals surface area contributed by atoms with Crippen molar-refractivity contribution < 1.29 is 40.6 Å². The highest BCUT2D eigenvalue weighted by Gasteiger charge is 2.64. The largest absolute Gasteiger partial charge is 0.457 e. The van der Waals surface area contributed by atoms with Crippen molar-refractivity contribution in [1.82, 2.24) is 0 Å². The average Bonchev–Trinajstić information content (AvgIpc) is 2.60. The Labute approximate surface area is 159 Å². The quantitative estimate of drug-likeness (QED) is 0.257. The summed E-state index contributed by atoms with van der Waals surface area (Å²) in [5.74, 6) is 0.792. The molecule has 0 aliphatic heterocycles. The first-order chi connectivity index (χ1) is 13.0. The van der Waals surface area contributed by atoms with Crippen LogP contribution in [0.25, 0.3) is 0 Å². The van der Waals surface area contributed by atoms with Gasteiger partial charge in [-0.3, -0.25) is 0 Å². The highest BCUT2D eigenvalue weighted by molar-refractivity contribution is 5.83. The molecule has 0 amide bonds. The number of esters is 1. The van der Waals surface area contributed by atoms with E-state index in [0.717, 1.165) is 18.1 Å². The van der Waals surface area contributed by atoms with Crippen LogP contribution in [0.15, 0.2) is 30.3 Å². The van der Waals surface area contributed by atoms with Gasteiger partial charge in [0.1, 0.15) is 0 Å². The van der Waals surface area contributed by atoms with E-state index in [2.05, 4.69) is 4.74 Å². The number of alkyl halides is 6. The zero-order chi connectivity index (χ0) is 21.4. The lowest BCUT2D eigenvalue weighted by molar-refractivity contribution is -0.277. The fourth-order valence-corrected chi connectivity index (χ4v) is 2.50. The first-order valence-electron chi connectivity index (χ1n) is 8.45. The SMILES string of the molecule is CCCCC[C@H](C#CC(F)(F)F)OC(=O)[C@@](OC)(c1ccccc1)C(F)(F)F. The molecule has 0 aromatic heterocycles. The molecule has 0 N–H and O–H groups in total. The van der Waals surface area contributed by atoms with Crippen molar-refractivity contribution in [2.45, 2.75) is 56.7 Å². The topological polar surface area (TPSA) is 35.5 Å². The fourth-order valence-electron chi connectivity index (χ4n) is 2.50. The molecule has 0 aliphatic rings. The number of carbonyl (C=O) groups excluding carboxylic acids is 1. The maximum absolute atomic E-state index is 13.8. The average molecular weight is 410 g/mol. The number of hydrogen-bond donors (Lipinski definition) is 0. The summed E-state index contributed by atoms with van der Waals surface area (Å²) in [5.41, 5.74) is -4.02. The molecule has 0 aliphatic carbocycles. The second-order valence-electron chi connectivity index (χ2n) is 5.91. The highest BCUT2D eigenvalue weighted by atomic mass is 19.4. The van der Waals surface area contributed by atoms with E-state index in [1.165, 1.54) is 18.2 Å². The van der Waals surface area contributed by atoms with Crippen molar-refractivity contribution in [2.24, 2.45) is 0 Å². The molecule has 9 heteroatoms. The van der Waals surface area contributed by atoms with Crippen LogP contribution in [-0.4, -0.2) is 31.5 Å². The van der Waals surface area contributed by atoms with Gasteiger partial charge < -0.3 is 9.47 Å². The molecule has 1 aromatic rings. The summed E-state index contributed by atoms with van der Waals surface area (Å²) in [6, 6.07) is 6.01. The molecule has 0 radical (unpaired) electrons. The van der Waals surface area contributed by atoms with E-state index in [1.54, 1.807) is 5.92 Å². The van der Waals surface area contributed by atoms with Crippen molar-refractivity contribution in [3.63, 3.8) is 0 Å². The summed E-state index contributed by atoms with van der Waals surface area (Å²) in [4.78, 5) is 12.5. The normalized spacial score (nSPS) is 15.1. The Morgan fingerprint density at radius 3 is 2.14 bits per heavy atom. The second kappa shape index (κ2) is 9.82. The van der Waals surface area contributed by atoms with Gasteiger partial charge >= 0.3 is 18.3 Å². The summed E-state index contributed by atoms with van der Waals surface area (Å²) >= 11 is 0. The van der Waals surface area contributed by atoms with Gasteiger partial charge in [-0.1, -0.05) is 50.1 Å². The lowest BCUT2D eigenvalue weighted by atomic mass is 9.92. The molecular formula is C19H20F6O3. The van der Waals surface area contributed by atoms with Crippen LogP contribution in [0.4, 0.5) is 26.3 Å². The van der Waals surface area contributed by atoms with E-state index in [4.69, 9.17) is 4.74 Å². The molecule has 1 rings (SSSR count). The third kappa shape index (κ3) is 6.16. The number of benzene rings is 1. The van der Waals surface area contributed by atoms with Crippen molar-refractivity contribution in [3.05, 3.63) is 35.9 Å². The predicted molar refractivity (Wildman–Crippen MR) is 89.0 cm³/mol. The Kier molecular flexibility index (Phi) is 8.36. The molecule has 0 unspecified atom stereocenters. The predicted octanol–water partition coefficient (Wildman–Crippen LogP) is 5.15. The summed E-state index contributed by atoms with van der Waals surface area (Å²) < 4.78 is 87.9. The van der Waals surface area contributed by atoms with Crippen LogP contribution in [0.5, 0.6) is 0 Å². The number of methoxy groups -OCH3 is 1. The van der Waals surface area contributed by atoms with E-state index in [-0.39, 0.29) is 6.42 Å². The van der Waals surface area contributed by atoms with E-state index in [0.29, 0.717) is 26.4 Å². The minimum absolute atomic E-state index is 0.130. The molecule has 0 bridgehead atoms. The number of ether oxygens (including phenoxy) is 2. The Balaban J connectivity index is 3.26. The third-order valence-electron chi connectivity index (χ3n) is 3.87. The molecule has 1 aromatic carbocycles. The minimum atomic E-state index is -5.22. The van der Waals surface area contributed by atoms with Crippen LogP contribution < -0.4 is 0 Å². The molecule has 2 atom stereocenters. The van der Waals surface area contributed by atoms with Gasteiger partial charge in [-0.2, -0.15) is 26.3 Å². The molecule has 0 heterocycles. The van der Waals surface area contributed by atoms with Gasteiger partial charge in [0.25, 0.3) is 5.60 Å². The third-order valence-corrected chi connectivity index (χ3v) is 3.87. The van der Waals surface area contributed by atoms with Gasteiger partial charge in [0.05, 0.1) is 0 Å². The smallest absolute Gasteiger partial charge is 0.446 e. The summed E-state index contributed by atoms with van der Waals surface area (Å²) in [5, 5.41) is 0.